The molecule has 0 amide bonds. The van der Waals surface area contributed by atoms with E-state index in [9.17, 15) is 43.2 Å². The van der Waals surface area contributed by atoms with E-state index in [0.29, 0.717) is 32.1 Å². The van der Waals surface area contributed by atoms with E-state index in [0.717, 1.165) is 148 Å². The van der Waals surface area contributed by atoms with Gasteiger partial charge in [0.25, 0.3) is 0 Å². The molecular formula is C81H134O17P2. The van der Waals surface area contributed by atoms with Crippen molar-refractivity contribution in [1.29, 1.82) is 0 Å². The van der Waals surface area contributed by atoms with Crippen molar-refractivity contribution in [2.45, 2.75) is 303 Å². The van der Waals surface area contributed by atoms with Crippen LogP contribution in [0.15, 0.2) is 146 Å². The lowest BCUT2D eigenvalue weighted by Crippen LogP contribution is -2.30. The summed E-state index contributed by atoms with van der Waals surface area (Å²) in [6, 6.07) is 0. The van der Waals surface area contributed by atoms with Crippen LogP contribution in [0.2, 0.25) is 0 Å². The summed E-state index contributed by atoms with van der Waals surface area (Å²) in [5, 5.41) is 10.6. The number of allylic oxidation sites excluding steroid dienone is 24. The summed E-state index contributed by atoms with van der Waals surface area (Å²) in [4.78, 5) is 72.8. The van der Waals surface area contributed by atoms with Crippen molar-refractivity contribution in [3.8, 4) is 0 Å². The molecule has 3 N–H and O–H groups in total. The number of carbonyl (C=O) groups is 4. The lowest BCUT2D eigenvalue weighted by molar-refractivity contribution is -0.161. The van der Waals surface area contributed by atoms with E-state index in [1.165, 1.54) is 51.4 Å². The van der Waals surface area contributed by atoms with Crippen LogP contribution in [0, 0.1) is 0 Å². The average molecular weight is 1440 g/mol. The van der Waals surface area contributed by atoms with Gasteiger partial charge in [-0.3, -0.25) is 37.3 Å². The van der Waals surface area contributed by atoms with Gasteiger partial charge in [-0.25, -0.2) is 9.13 Å². The molecular weight excluding hydrogens is 1310 g/mol. The number of hydrogen-bond acceptors (Lipinski definition) is 15. The number of rotatable bonds is 70. The molecule has 17 nitrogen and oxygen atoms in total. The van der Waals surface area contributed by atoms with Gasteiger partial charge < -0.3 is 33.8 Å². The molecule has 5 atom stereocenters. The summed E-state index contributed by atoms with van der Waals surface area (Å²) in [6.07, 6.45) is 81.3. The van der Waals surface area contributed by atoms with Gasteiger partial charge in [-0.2, -0.15) is 0 Å². The minimum atomic E-state index is -5.00. The fraction of sp³-hybridized carbons (Fsp3) is 0.654. The zero-order chi connectivity index (χ0) is 73.2. The van der Waals surface area contributed by atoms with Gasteiger partial charge in [0.2, 0.25) is 0 Å². The molecule has 0 aromatic heterocycles. The molecule has 0 radical (unpaired) electrons. The predicted molar refractivity (Wildman–Crippen MR) is 408 cm³/mol. The second-order valence-corrected chi connectivity index (χ2v) is 27.7. The Morgan fingerprint density at radius 1 is 0.290 bits per heavy atom. The first-order valence-electron chi connectivity index (χ1n) is 38.1. The van der Waals surface area contributed by atoms with Gasteiger partial charge >= 0.3 is 39.5 Å². The predicted octanol–water partition coefficient (Wildman–Crippen LogP) is 21.9. The molecule has 570 valence electrons. The van der Waals surface area contributed by atoms with Crippen LogP contribution in [-0.4, -0.2) is 96.7 Å². The van der Waals surface area contributed by atoms with Crippen LogP contribution < -0.4 is 0 Å². The SMILES string of the molecule is CC/C=C\C/C=C\C/C=C\C/C=C\CCCCCCC(=O)OCC(COP(=O)(O)OCC(O)COP(=O)(O)OCC(COC(=O)CCCC/C=C\C/C=C\C/C=C\C/C=C\CC)OC(=O)CCCCCCCCCCCCCCC)OC(=O)CCCC/C=C\C/C=C\C/C=C\C/C=C\CC. The Balaban J connectivity index is 5.44. The molecule has 5 unspecified atom stereocenters. The van der Waals surface area contributed by atoms with Crippen LogP contribution in [0.5, 0.6) is 0 Å². The van der Waals surface area contributed by atoms with Crippen molar-refractivity contribution in [2.75, 3.05) is 39.6 Å². The Hall–Kier alpha value is -5.06. The number of aliphatic hydroxyl groups excluding tert-OH is 1. The quantitative estimate of drug-likeness (QED) is 0.0169. The van der Waals surface area contributed by atoms with Crippen molar-refractivity contribution < 1.29 is 80.2 Å². The van der Waals surface area contributed by atoms with Gasteiger partial charge in [0.05, 0.1) is 26.4 Å². The van der Waals surface area contributed by atoms with E-state index in [1.54, 1.807) is 0 Å². The van der Waals surface area contributed by atoms with Crippen LogP contribution in [0.25, 0.3) is 0 Å². The smallest absolute Gasteiger partial charge is 0.462 e. The molecule has 0 aliphatic heterocycles. The maximum absolute atomic E-state index is 13.1. The molecule has 0 bridgehead atoms. The summed E-state index contributed by atoms with van der Waals surface area (Å²) in [7, 11) is -9.99. The fourth-order valence-electron chi connectivity index (χ4n) is 9.60. The molecule has 0 fully saturated rings. The molecule has 0 aliphatic carbocycles. The molecule has 100 heavy (non-hydrogen) atoms. The van der Waals surface area contributed by atoms with Crippen LogP contribution in [0.3, 0.4) is 0 Å². The first-order valence-corrected chi connectivity index (χ1v) is 41.1. The monoisotopic (exact) mass is 1440 g/mol. The lowest BCUT2D eigenvalue weighted by atomic mass is 10.0. The van der Waals surface area contributed by atoms with Crippen molar-refractivity contribution in [3.63, 3.8) is 0 Å². The minimum absolute atomic E-state index is 0.0319. The van der Waals surface area contributed by atoms with E-state index < -0.39 is 97.5 Å². The number of ether oxygens (including phenoxy) is 4. The molecule has 0 saturated heterocycles. The zero-order valence-electron chi connectivity index (χ0n) is 62.1. The van der Waals surface area contributed by atoms with Crippen molar-refractivity contribution in [2.24, 2.45) is 0 Å². The molecule has 0 rings (SSSR count). The zero-order valence-corrected chi connectivity index (χ0v) is 63.9. The van der Waals surface area contributed by atoms with Gasteiger partial charge in [0.1, 0.15) is 19.3 Å². The molecule has 19 heteroatoms. The summed E-state index contributed by atoms with van der Waals surface area (Å²) >= 11 is 0. The number of phosphoric ester groups is 2. The Morgan fingerprint density at radius 3 is 0.820 bits per heavy atom. The number of unbranched alkanes of at least 4 members (excludes halogenated alkanes) is 20. The average Bonchev–Trinajstić information content (AvgIpc) is 1.06. The summed E-state index contributed by atoms with van der Waals surface area (Å²) in [5.74, 6) is -2.30. The Bertz CT molecular complexity index is 2470. The van der Waals surface area contributed by atoms with Gasteiger partial charge in [0, 0.05) is 25.7 Å². The standard InChI is InChI=1S/C81H134O17P2/c1-5-9-13-17-21-25-29-33-36-37-40-43-46-50-54-58-62-66-79(84)92-72-77(98-81(86)68-64-60-56-52-48-44-39-35-31-27-23-19-15-11-7-3)74-96-100(89,90)94-70-75(82)69-93-99(87,88)95-73-76(97-80(85)67-63-59-55-51-47-41-32-28-24-20-16-12-8-4)71-91-78(83)65-61-57-53-49-45-42-38-34-30-26-22-18-14-10-6-2/h9-11,13-15,21-23,25-27,33-36,38-40,43,45,48-49,52,75-77,82H,5-8,12,16-20,24,28-32,37,41-42,44,46-47,50-51,53-74H2,1-4H3,(H,87,88)(H,89,90)/b13-9-,14-10-,15-11-,25-21-,26-22-,27-23-,36-33-,38-34-,39-35-,43-40-,49-45-,52-48-. The topological polar surface area (TPSA) is 237 Å². The number of phosphoric acid groups is 2. The summed E-state index contributed by atoms with van der Waals surface area (Å²) in [5.41, 5.74) is 0. The Kier molecular flexibility index (Phi) is 68.6. The van der Waals surface area contributed by atoms with E-state index in [2.05, 4.69) is 174 Å². The normalized spacial score (nSPS) is 14.8. The van der Waals surface area contributed by atoms with Crippen LogP contribution in [-0.2, 0) is 65.4 Å². The summed E-state index contributed by atoms with van der Waals surface area (Å²) in [6.45, 7) is 4.40. The minimum Gasteiger partial charge on any atom is -0.462 e. The number of aliphatic hydroxyl groups is 1. The molecule has 0 aliphatic rings. The van der Waals surface area contributed by atoms with Gasteiger partial charge in [-0.05, 0) is 141 Å². The Labute approximate surface area is 605 Å². The first-order chi connectivity index (χ1) is 48.7. The van der Waals surface area contributed by atoms with E-state index in [4.69, 9.17) is 37.0 Å². The molecule has 0 aromatic rings. The second-order valence-electron chi connectivity index (χ2n) is 24.8. The van der Waals surface area contributed by atoms with Crippen molar-refractivity contribution in [3.05, 3.63) is 146 Å². The van der Waals surface area contributed by atoms with Crippen molar-refractivity contribution in [1.82, 2.24) is 0 Å². The summed E-state index contributed by atoms with van der Waals surface area (Å²) < 4.78 is 68.4. The third-order valence-electron chi connectivity index (χ3n) is 15.3. The van der Waals surface area contributed by atoms with E-state index >= 15 is 0 Å². The maximum Gasteiger partial charge on any atom is 0.472 e. The first kappa shape index (κ1) is 94.9. The fourth-order valence-corrected chi connectivity index (χ4v) is 11.2. The van der Waals surface area contributed by atoms with Gasteiger partial charge in [-0.1, -0.05) is 263 Å². The van der Waals surface area contributed by atoms with Gasteiger partial charge in [0.15, 0.2) is 12.2 Å². The third-order valence-corrected chi connectivity index (χ3v) is 17.2. The van der Waals surface area contributed by atoms with Crippen molar-refractivity contribution >= 4 is 39.5 Å². The number of carbonyl (C=O) groups excluding carboxylic acids is 4. The lowest BCUT2D eigenvalue weighted by Gasteiger charge is -2.21. The van der Waals surface area contributed by atoms with Crippen LogP contribution >= 0.6 is 15.6 Å². The highest BCUT2D eigenvalue weighted by atomic mass is 31.2. The maximum atomic E-state index is 13.1. The van der Waals surface area contributed by atoms with Crippen LogP contribution in [0.4, 0.5) is 0 Å². The number of hydrogen-bond donors (Lipinski definition) is 3. The number of esters is 4. The van der Waals surface area contributed by atoms with Crippen LogP contribution in [0.1, 0.15) is 285 Å². The molecule has 0 spiro atoms. The highest BCUT2D eigenvalue weighted by Gasteiger charge is 2.30. The largest absolute Gasteiger partial charge is 0.472 e. The highest BCUT2D eigenvalue weighted by molar-refractivity contribution is 7.47. The molecule has 0 heterocycles. The second kappa shape index (κ2) is 72.3. The Morgan fingerprint density at radius 2 is 0.520 bits per heavy atom. The molecule has 0 saturated carbocycles. The molecule has 0 aromatic carbocycles. The van der Waals surface area contributed by atoms with Gasteiger partial charge in [-0.15, -0.1) is 0 Å². The van der Waals surface area contributed by atoms with E-state index in [-0.39, 0.29) is 25.7 Å². The van der Waals surface area contributed by atoms with E-state index in [1.807, 2.05) is 0 Å². The third kappa shape index (κ3) is 71.3. The highest BCUT2D eigenvalue weighted by Crippen LogP contribution is 2.45.